The molecular formula is C21H12N4O3S. The summed E-state index contributed by atoms with van der Waals surface area (Å²) in [6.07, 6.45) is 0. The summed E-state index contributed by atoms with van der Waals surface area (Å²) in [4.78, 5) is 28.0. The smallest absolute Gasteiger partial charge is 0.271 e. The van der Waals surface area contributed by atoms with Crippen molar-refractivity contribution in [1.82, 2.24) is 4.98 Å². The fraction of sp³-hybridized carbons (Fsp3) is 0. The third-order valence-electron chi connectivity index (χ3n) is 4.26. The predicted molar refractivity (Wildman–Crippen MR) is 111 cm³/mol. The van der Waals surface area contributed by atoms with Crippen LogP contribution in [0.1, 0.15) is 15.9 Å². The van der Waals surface area contributed by atoms with Crippen molar-refractivity contribution in [3.8, 4) is 16.6 Å². The van der Waals surface area contributed by atoms with Crippen LogP contribution in [0.2, 0.25) is 0 Å². The van der Waals surface area contributed by atoms with E-state index in [0.29, 0.717) is 27.4 Å². The fourth-order valence-corrected chi connectivity index (χ4v) is 3.82. The van der Waals surface area contributed by atoms with Gasteiger partial charge in [-0.2, -0.15) is 5.26 Å². The Morgan fingerprint density at radius 1 is 1.10 bits per heavy atom. The summed E-state index contributed by atoms with van der Waals surface area (Å²) in [6.45, 7) is 0. The van der Waals surface area contributed by atoms with Gasteiger partial charge < -0.3 is 5.32 Å². The van der Waals surface area contributed by atoms with Gasteiger partial charge in [0, 0.05) is 23.3 Å². The van der Waals surface area contributed by atoms with Gasteiger partial charge >= 0.3 is 0 Å². The number of carbonyl (C=O) groups excluding carboxylic acids is 1. The van der Waals surface area contributed by atoms with Gasteiger partial charge in [-0.25, -0.2) is 4.98 Å². The molecule has 0 aliphatic carbocycles. The molecule has 4 aromatic rings. The number of thiazole rings is 1. The van der Waals surface area contributed by atoms with Gasteiger partial charge in [-0.1, -0.05) is 12.1 Å². The molecule has 4 rings (SSSR count). The second kappa shape index (κ2) is 7.50. The van der Waals surface area contributed by atoms with Crippen LogP contribution in [0.3, 0.4) is 0 Å². The molecule has 1 heterocycles. The number of fused-ring (bicyclic) bond motifs is 1. The Labute approximate surface area is 169 Å². The number of carbonyl (C=O) groups is 1. The van der Waals surface area contributed by atoms with E-state index in [1.54, 1.807) is 6.07 Å². The molecule has 0 spiro atoms. The van der Waals surface area contributed by atoms with Gasteiger partial charge in [-0.05, 0) is 42.5 Å². The molecule has 0 radical (unpaired) electrons. The molecule has 8 heteroatoms. The van der Waals surface area contributed by atoms with Crippen molar-refractivity contribution in [2.75, 3.05) is 5.32 Å². The monoisotopic (exact) mass is 400 g/mol. The summed E-state index contributed by atoms with van der Waals surface area (Å²) in [7, 11) is 0. The van der Waals surface area contributed by atoms with Crippen LogP contribution in [0.15, 0.2) is 66.7 Å². The lowest BCUT2D eigenvalue weighted by Gasteiger charge is -2.10. The van der Waals surface area contributed by atoms with Crippen LogP contribution in [0.25, 0.3) is 20.8 Å². The summed E-state index contributed by atoms with van der Waals surface area (Å²) in [5.74, 6) is -0.433. The predicted octanol–water partition coefficient (Wildman–Crippen LogP) is 5.00. The standard InChI is InChI=1S/C21H12N4O3S/c22-12-13-5-7-14(8-6-13)20(26)23-18-11-15(25(27)28)9-10-16(18)21-24-17-3-1-2-4-19(17)29-21/h1-11H,(H,23,26). The SMILES string of the molecule is N#Cc1ccc(C(=O)Nc2cc([N+](=O)[O-])ccc2-c2nc3ccccc3s2)cc1. The molecule has 29 heavy (non-hydrogen) atoms. The highest BCUT2D eigenvalue weighted by Gasteiger charge is 2.17. The number of non-ortho nitro benzene ring substituents is 1. The Morgan fingerprint density at radius 3 is 2.55 bits per heavy atom. The van der Waals surface area contributed by atoms with Crippen molar-refractivity contribution in [2.45, 2.75) is 0 Å². The van der Waals surface area contributed by atoms with E-state index in [-0.39, 0.29) is 5.69 Å². The number of rotatable bonds is 4. The van der Waals surface area contributed by atoms with E-state index in [1.807, 2.05) is 30.3 Å². The lowest BCUT2D eigenvalue weighted by Crippen LogP contribution is -2.12. The number of nitriles is 1. The number of hydrogen-bond acceptors (Lipinski definition) is 6. The van der Waals surface area contributed by atoms with Crippen molar-refractivity contribution < 1.29 is 9.72 Å². The van der Waals surface area contributed by atoms with E-state index in [0.717, 1.165) is 10.2 Å². The lowest BCUT2D eigenvalue weighted by molar-refractivity contribution is -0.384. The molecule has 0 saturated heterocycles. The fourth-order valence-electron chi connectivity index (χ4n) is 2.81. The Bertz CT molecular complexity index is 1260. The number of nitrogens with zero attached hydrogens (tertiary/aromatic N) is 3. The van der Waals surface area contributed by atoms with Gasteiger partial charge in [-0.3, -0.25) is 14.9 Å². The van der Waals surface area contributed by atoms with Crippen LogP contribution < -0.4 is 5.32 Å². The topological polar surface area (TPSA) is 109 Å². The normalized spacial score (nSPS) is 10.4. The number of para-hydroxylation sites is 1. The average molecular weight is 400 g/mol. The molecule has 1 N–H and O–H groups in total. The summed E-state index contributed by atoms with van der Waals surface area (Å²) in [6, 6.07) is 20.0. The molecule has 140 valence electrons. The van der Waals surface area contributed by atoms with Crippen molar-refractivity contribution in [3.05, 3.63) is 88.0 Å². The minimum absolute atomic E-state index is 0.134. The Hall–Kier alpha value is -4.09. The van der Waals surface area contributed by atoms with Gasteiger partial charge in [0.1, 0.15) is 5.01 Å². The van der Waals surface area contributed by atoms with E-state index in [9.17, 15) is 14.9 Å². The molecule has 0 fully saturated rings. The van der Waals surface area contributed by atoms with Crippen LogP contribution in [-0.2, 0) is 0 Å². The van der Waals surface area contributed by atoms with E-state index in [1.165, 1.54) is 47.7 Å². The molecular weight excluding hydrogens is 388 g/mol. The van der Waals surface area contributed by atoms with Crippen molar-refractivity contribution >= 4 is 38.8 Å². The van der Waals surface area contributed by atoms with E-state index in [4.69, 9.17) is 5.26 Å². The Morgan fingerprint density at radius 2 is 1.86 bits per heavy atom. The average Bonchev–Trinajstić information content (AvgIpc) is 3.17. The van der Waals surface area contributed by atoms with Crippen molar-refractivity contribution in [2.24, 2.45) is 0 Å². The highest BCUT2D eigenvalue weighted by Crippen LogP contribution is 2.36. The highest BCUT2D eigenvalue weighted by atomic mass is 32.1. The number of nitro groups is 1. The first-order valence-corrected chi connectivity index (χ1v) is 9.33. The van der Waals surface area contributed by atoms with E-state index < -0.39 is 10.8 Å². The zero-order chi connectivity index (χ0) is 20.4. The second-order valence-corrected chi connectivity index (χ2v) is 7.15. The third-order valence-corrected chi connectivity index (χ3v) is 5.33. The number of amides is 1. The maximum Gasteiger partial charge on any atom is 0.271 e. The minimum Gasteiger partial charge on any atom is -0.321 e. The maximum atomic E-state index is 12.7. The van der Waals surface area contributed by atoms with Crippen LogP contribution in [0, 0.1) is 21.4 Å². The largest absolute Gasteiger partial charge is 0.321 e. The number of benzene rings is 3. The first-order chi connectivity index (χ1) is 14.0. The molecule has 0 saturated carbocycles. The summed E-state index contributed by atoms with van der Waals surface area (Å²) in [5.41, 5.74) is 2.35. The number of nitro benzene ring substituents is 1. The first-order valence-electron chi connectivity index (χ1n) is 8.51. The molecule has 0 atom stereocenters. The third kappa shape index (κ3) is 3.67. The summed E-state index contributed by atoms with van der Waals surface area (Å²) in [5, 5.41) is 23.5. The Kier molecular flexibility index (Phi) is 4.73. The summed E-state index contributed by atoms with van der Waals surface area (Å²) < 4.78 is 0.977. The zero-order valence-electron chi connectivity index (χ0n) is 14.8. The number of hydrogen-bond donors (Lipinski definition) is 1. The number of aromatic nitrogens is 1. The van der Waals surface area contributed by atoms with Crippen LogP contribution >= 0.6 is 11.3 Å². The quantitative estimate of drug-likeness (QED) is 0.383. The zero-order valence-corrected chi connectivity index (χ0v) is 15.6. The lowest BCUT2D eigenvalue weighted by atomic mass is 10.1. The van der Waals surface area contributed by atoms with Gasteiger partial charge in [0.05, 0.1) is 32.5 Å². The Balaban J connectivity index is 1.75. The summed E-state index contributed by atoms with van der Waals surface area (Å²) >= 11 is 1.44. The second-order valence-electron chi connectivity index (χ2n) is 6.12. The van der Waals surface area contributed by atoms with E-state index >= 15 is 0 Å². The van der Waals surface area contributed by atoms with E-state index in [2.05, 4.69) is 10.3 Å². The van der Waals surface area contributed by atoms with Gasteiger partial charge in [0.25, 0.3) is 11.6 Å². The minimum atomic E-state index is -0.514. The van der Waals surface area contributed by atoms with Gasteiger partial charge in [-0.15, -0.1) is 11.3 Å². The maximum absolute atomic E-state index is 12.7. The first kappa shape index (κ1) is 18.3. The molecule has 0 aliphatic rings. The van der Waals surface area contributed by atoms with Crippen LogP contribution in [0.5, 0.6) is 0 Å². The van der Waals surface area contributed by atoms with Crippen molar-refractivity contribution in [1.29, 1.82) is 5.26 Å². The molecule has 0 aliphatic heterocycles. The van der Waals surface area contributed by atoms with Crippen LogP contribution in [0.4, 0.5) is 11.4 Å². The molecule has 1 amide bonds. The van der Waals surface area contributed by atoms with Crippen LogP contribution in [-0.4, -0.2) is 15.8 Å². The van der Waals surface area contributed by atoms with Gasteiger partial charge in [0.15, 0.2) is 0 Å². The molecule has 3 aromatic carbocycles. The van der Waals surface area contributed by atoms with Gasteiger partial charge in [0.2, 0.25) is 0 Å². The number of anilines is 1. The molecule has 0 bridgehead atoms. The highest BCUT2D eigenvalue weighted by molar-refractivity contribution is 7.21. The van der Waals surface area contributed by atoms with Crippen molar-refractivity contribution in [3.63, 3.8) is 0 Å². The molecule has 0 unspecified atom stereocenters. The number of nitrogens with one attached hydrogen (secondary N) is 1. The molecule has 1 aromatic heterocycles. The molecule has 7 nitrogen and oxygen atoms in total.